The van der Waals surface area contributed by atoms with E-state index >= 15 is 0 Å². The highest BCUT2D eigenvalue weighted by molar-refractivity contribution is 6.09. The van der Waals surface area contributed by atoms with Crippen molar-refractivity contribution in [1.29, 1.82) is 0 Å². The molecule has 0 aliphatic heterocycles. The quantitative estimate of drug-likeness (QED) is 0.744. The molecule has 0 atom stereocenters. The van der Waals surface area contributed by atoms with E-state index < -0.39 is 5.82 Å². The maximum Gasteiger partial charge on any atom is 0.195 e. The van der Waals surface area contributed by atoms with Crippen LogP contribution in [0.2, 0.25) is 0 Å². The zero-order valence-electron chi connectivity index (χ0n) is 10.9. The number of hydrogen-bond acceptors (Lipinski definition) is 1. The molecule has 1 aliphatic carbocycles. The third-order valence-corrected chi connectivity index (χ3v) is 3.80. The molecule has 96 valence electrons. The Bertz CT molecular complexity index is 658. The van der Waals surface area contributed by atoms with E-state index in [9.17, 15) is 9.18 Å². The van der Waals surface area contributed by atoms with Gasteiger partial charge in [-0.3, -0.25) is 4.79 Å². The molecule has 19 heavy (non-hydrogen) atoms. The van der Waals surface area contributed by atoms with Crippen molar-refractivity contribution in [3.63, 3.8) is 0 Å². The SMILES string of the molecule is Cc1cccc(C(=O)c2ccc3c(c2)CCC3)c1F. The molecule has 2 aromatic carbocycles. The second-order valence-corrected chi connectivity index (χ2v) is 5.10. The molecule has 0 aromatic heterocycles. The minimum absolute atomic E-state index is 0.165. The molecule has 0 radical (unpaired) electrons. The van der Waals surface area contributed by atoms with Crippen LogP contribution in [0.5, 0.6) is 0 Å². The molecule has 0 bridgehead atoms. The molecule has 2 aromatic rings. The third-order valence-electron chi connectivity index (χ3n) is 3.80. The monoisotopic (exact) mass is 254 g/mol. The van der Waals surface area contributed by atoms with Gasteiger partial charge in [0.15, 0.2) is 5.78 Å². The molecule has 0 saturated heterocycles. The van der Waals surface area contributed by atoms with E-state index in [0.29, 0.717) is 11.1 Å². The predicted octanol–water partition coefficient (Wildman–Crippen LogP) is 3.85. The van der Waals surface area contributed by atoms with Gasteiger partial charge < -0.3 is 0 Å². The Morgan fingerprint density at radius 3 is 2.74 bits per heavy atom. The highest BCUT2D eigenvalue weighted by Crippen LogP contribution is 2.24. The first-order chi connectivity index (χ1) is 9.16. The minimum Gasteiger partial charge on any atom is -0.288 e. The summed E-state index contributed by atoms with van der Waals surface area (Å²) in [6, 6.07) is 10.7. The van der Waals surface area contributed by atoms with Crippen LogP contribution in [-0.4, -0.2) is 5.78 Å². The summed E-state index contributed by atoms with van der Waals surface area (Å²) in [5.74, 6) is -0.635. The van der Waals surface area contributed by atoms with Gasteiger partial charge in [0, 0.05) is 5.56 Å². The van der Waals surface area contributed by atoms with Crippen LogP contribution in [0, 0.1) is 12.7 Å². The molecule has 0 heterocycles. The van der Waals surface area contributed by atoms with Crippen molar-refractivity contribution in [3.8, 4) is 0 Å². The minimum atomic E-state index is -0.409. The molecule has 0 unspecified atom stereocenters. The van der Waals surface area contributed by atoms with E-state index in [2.05, 4.69) is 0 Å². The van der Waals surface area contributed by atoms with Gasteiger partial charge in [-0.2, -0.15) is 0 Å². The molecule has 0 spiro atoms. The van der Waals surface area contributed by atoms with Gasteiger partial charge in [0.05, 0.1) is 5.56 Å². The molecular formula is C17H15FO. The summed E-state index contributed by atoms with van der Waals surface area (Å²) in [4.78, 5) is 12.4. The Labute approximate surface area is 112 Å². The van der Waals surface area contributed by atoms with Gasteiger partial charge in [0.25, 0.3) is 0 Å². The van der Waals surface area contributed by atoms with E-state index in [1.807, 2.05) is 18.2 Å². The Kier molecular flexibility index (Phi) is 2.94. The summed E-state index contributed by atoms with van der Waals surface area (Å²) in [6.07, 6.45) is 3.25. The molecule has 3 rings (SSSR count). The molecule has 0 N–H and O–H groups in total. The Morgan fingerprint density at radius 2 is 1.89 bits per heavy atom. The normalized spacial score (nSPS) is 13.4. The Balaban J connectivity index is 2.02. The lowest BCUT2D eigenvalue weighted by atomic mass is 9.98. The fourth-order valence-electron chi connectivity index (χ4n) is 2.69. The fraction of sp³-hybridized carbons (Fsp3) is 0.235. The molecule has 0 saturated carbocycles. The summed E-state index contributed by atoms with van der Waals surface area (Å²) in [7, 11) is 0. The Morgan fingerprint density at radius 1 is 1.11 bits per heavy atom. The lowest BCUT2D eigenvalue weighted by molar-refractivity contribution is 0.103. The van der Waals surface area contributed by atoms with Crippen molar-refractivity contribution in [2.75, 3.05) is 0 Å². The maximum absolute atomic E-state index is 14.0. The smallest absolute Gasteiger partial charge is 0.195 e. The number of benzene rings is 2. The molecule has 0 amide bonds. The van der Waals surface area contributed by atoms with E-state index in [4.69, 9.17) is 0 Å². The van der Waals surface area contributed by atoms with E-state index in [0.717, 1.165) is 19.3 Å². The van der Waals surface area contributed by atoms with Gasteiger partial charge in [-0.15, -0.1) is 0 Å². The lowest BCUT2D eigenvalue weighted by Gasteiger charge is -2.07. The molecule has 1 nitrogen and oxygen atoms in total. The highest BCUT2D eigenvalue weighted by atomic mass is 19.1. The van der Waals surface area contributed by atoms with Crippen molar-refractivity contribution in [2.45, 2.75) is 26.2 Å². The summed E-state index contributed by atoms with van der Waals surface area (Å²) in [5, 5.41) is 0. The van der Waals surface area contributed by atoms with Crippen molar-refractivity contribution in [2.24, 2.45) is 0 Å². The van der Waals surface area contributed by atoms with Gasteiger partial charge >= 0.3 is 0 Å². The molecular weight excluding hydrogens is 239 g/mol. The number of aryl methyl sites for hydroxylation is 3. The third kappa shape index (κ3) is 2.07. The first-order valence-electron chi connectivity index (χ1n) is 6.58. The summed E-state index contributed by atoms with van der Waals surface area (Å²) in [5.41, 5.74) is 3.82. The van der Waals surface area contributed by atoms with Gasteiger partial charge in [-0.25, -0.2) is 4.39 Å². The molecule has 1 aliphatic rings. The first-order valence-corrected chi connectivity index (χ1v) is 6.58. The number of fused-ring (bicyclic) bond motifs is 1. The zero-order chi connectivity index (χ0) is 13.4. The van der Waals surface area contributed by atoms with Gasteiger partial charge in [0.2, 0.25) is 0 Å². The van der Waals surface area contributed by atoms with Crippen LogP contribution in [0.3, 0.4) is 0 Å². The zero-order valence-corrected chi connectivity index (χ0v) is 10.9. The van der Waals surface area contributed by atoms with Crippen LogP contribution < -0.4 is 0 Å². The maximum atomic E-state index is 14.0. The number of ketones is 1. The van der Waals surface area contributed by atoms with Crippen LogP contribution in [0.15, 0.2) is 36.4 Å². The Hall–Kier alpha value is -1.96. The number of carbonyl (C=O) groups excluding carboxylic acids is 1. The fourth-order valence-corrected chi connectivity index (χ4v) is 2.69. The van der Waals surface area contributed by atoms with Crippen LogP contribution in [0.25, 0.3) is 0 Å². The number of rotatable bonds is 2. The lowest BCUT2D eigenvalue weighted by Crippen LogP contribution is -2.06. The predicted molar refractivity (Wildman–Crippen MR) is 73.0 cm³/mol. The van der Waals surface area contributed by atoms with Crippen molar-refractivity contribution < 1.29 is 9.18 Å². The summed E-state index contributed by atoms with van der Waals surface area (Å²) >= 11 is 0. The van der Waals surface area contributed by atoms with Crippen LogP contribution in [0.1, 0.15) is 39.0 Å². The van der Waals surface area contributed by atoms with E-state index in [-0.39, 0.29) is 11.3 Å². The van der Waals surface area contributed by atoms with Crippen LogP contribution in [0.4, 0.5) is 4.39 Å². The number of carbonyl (C=O) groups is 1. The van der Waals surface area contributed by atoms with Crippen LogP contribution >= 0.6 is 0 Å². The van der Waals surface area contributed by atoms with Crippen molar-refractivity contribution in [3.05, 3.63) is 70.0 Å². The van der Waals surface area contributed by atoms with Gasteiger partial charge in [-0.1, -0.05) is 24.3 Å². The van der Waals surface area contributed by atoms with Crippen molar-refractivity contribution in [1.82, 2.24) is 0 Å². The average Bonchev–Trinajstić information content (AvgIpc) is 2.88. The highest BCUT2D eigenvalue weighted by Gasteiger charge is 2.18. The van der Waals surface area contributed by atoms with E-state index in [1.54, 1.807) is 25.1 Å². The second-order valence-electron chi connectivity index (χ2n) is 5.10. The average molecular weight is 254 g/mol. The molecule has 2 heteroatoms. The van der Waals surface area contributed by atoms with E-state index in [1.165, 1.54) is 11.1 Å². The number of halogens is 1. The molecule has 0 fully saturated rings. The largest absolute Gasteiger partial charge is 0.288 e. The number of hydrogen-bond donors (Lipinski definition) is 0. The van der Waals surface area contributed by atoms with Crippen molar-refractivity contribution >= 4 is 5.78 Å². The second kappa shape index (κ2) is 4.61. The van der Waals surface area contributed by atoms with Gasteiger partial charge in [0.1, 0.15) is 5.82 Å². The van der Waals surface area contributed by atoms with Crippen LogP contribution in [-0.2, 0) is 12.8 Å². The first kappa shape index (κ1) is 12.1. The summed E-state index contributed by atoms with van der Waals surface area (Å²) in [6.45, 7) is 1.68. The standard InChI is InChI=1S/C17H15FO/c1-11-4-2-7-15(16(11)18)17(19)14-9-8-12-5-3-6-13(12)10-14/h2,4,7-10H,3,5-6H2,1H3. The van der Waals surface area contributed by atoms with Gasteiger partial charge in [-0.05, 0) is 55.0 Å². The summed E-state index contributed by atoms with van der Waals surface area (Å²) < 4.78 is 14.0. The topological polar surface area (TPSA) is 17.1 Å².